The number of rotatable bonds is 7. The van der Waals surface area contributed by atoms with Gasteiger partial charge in [0, 0.05) is 23.1 Å². The first-order chi connectivity index (χ1) is 16.9. The smallest absolute Gasteiger partial charge is 0.336 e. The summed E-state index contributed by atoms with van der Waals surface area (Å²) in [7, 11) is 0. The average molecular weight is 481 g/mol. The molecule has 0 aliphatic heterocycles. The van der Waals surface area contributed by atoms with Crippen molar-refractivity contribution >= 4 is 39.7 Å². The van der Waals surface area contributed by atoms with Gasteiger partial charge >= 0.3 is 5.97 Å². The molecule has 0 radical (unpaired) electrons. The van der Waals surface area contributed by atoms with E-state index in [9.17, 15) is 19.7 Å². The molecule has 0 bridgehead atoms. The zero-order valence-electron chi connectivity index (χ0n) is 19.4. The van der Waals surface area contributed by atoms with Crippen LogP contribution in [0.5, 0.6) is 0 Å². The van der Waals surface area contributed by atoms with Gasteiger partial charge < -0.3 is 9.66 Å². The van der Waals surface area contributed by atoms with Crippen molar-refractivity contribution < 1.29 is 14.5 Å². The maximum atomic E-state index is 12.1. The van der Waals surface area contributed by atoms with Crippen LogP contribution in [0.1, 0.15) is 23.6 Å². The van der Waals surface area contributed by atoms with Crippen LogP contribution in [-0.4, -0.2) is 26.9 Å². The van der Waals surface area contributed by atoms with Crippen LogP contribution in [0, 0.1) is 17.2 Å². The van der Waals surface area contributed by atoms with Crippen LogP contribution in [0.2, 0.25) is 0 Å². The van der Waals surface area contributed by atoms with E-state index in [-0.39, 0.29) is 11.5 Å². The summed E-state index contributed by atoms with van der Waals surface area (Å²) in [6, 6.07) is 24.7. The predicted molar refractivity (Wildman–Crippen MR) is 140 cm³/mol. The monoisotopic (exact) mass is 480 g/mol. The Hall–Kier alpha value is -3.92. The number of carbonyl (C=O) groups is 1. The molecule has 4 rings (SSSR count). The Morgan fingerprint density at radius 2 is 1.91 bits per heavy atom. The molecule has 3 aromatic carbocycles. The maximum absolute atomic E-state index is 12.1. The highest BCUT2D eigenvalue weighted by atomic mass is 32.2. The average Bonchev–Trinajstić information content (AvgIpc) is 2.86. The number of hydrogen-bond acceptors (Lipinski definition) is 4. The second-order valence-electron chi connectivity index (χ2n) is 8.42. The summed E-state index contributed by atoms with van der Waals surface area (Å²) in [6.07, 6.45) is 5.61. The molecule has 1 heterocycles. The number of nitrogens with zero attached hydrogens (tertiary/aromatic N) is 2. The predicted octanol–water partition coefficient (Wildman–Crippen LogP) is 5.97. The van der Waals surface area contributed by atoms with Gasteiger partial charge in [-0.25, -0.2) is 4.79 Å². The molecule has 0 fully saturated rings. The molecular formula is C29H24N2O3S. The van der Waals surface area contributed by atoms with Crippen LogP contribution in [0.25, 0.3) is 33.7 Å². The van der Waals surface area contributed by atoms with Crippen molar-refractivity contribution in [2.75, 3.05) is 6.26 Å². The molecule has 0 aliphatic rings. The van der Waals surface area contributed by atoms with E-state index in [1.165, 1.54) is 0 Å². The molecule has 0 saturated carbocycles. The summed E-state index contributed by atoms with van der Waals surface area (Å²) >= 11 is -1.13. The molecule has 174 valence electrons. The van der Waals surface area contributed by atoms with Crippen molar-refractivity contribution in [3.63, 3.8) is 0 Å². The normalized spacial score (nSPS) is 13.3. The van der Waals surface area contributed by atoms with Crippen molar-refractivity contribution in [3.05, 3.63) is 95.7 Å². The highest BCUT2D eigenvalue weighted by Crippen LogP contribution is 2.31. The Morgan fingerprint density at radius 3 is 2.60 bits per heavy atom. The fourth-order valence-electron chi connectivity index (χ4n) is 4.05. The number of benzene rings is 3. The van der Waals surface area contributed by atoms with Gasteiger partial charge in [-0.15, -0.1) is 0 Å². The Balaban J connectivity index is 1.79. The third-order valence-corrected chi connectivity index (χ3v) is 6.70. The van der Waals surface area contributed by atoms with Crippen molar-refractivity contribution in [3.8, 4) is 17.2 Å². The van der Waals surface area contributed by atoms with E-state index in [4.69, 9.17) is 0 Å². The molecule has 6 heteroatoms. The lowest BCUT2D eigenvalue weighted by molar-refractivity contribution is -0.130. The van der Waals surface area contributed by atoms with Crippen LogP contribution in [-0.2, 0) is 22.4 Å². The first kappa shape index (κ1) is 24.2. The second-order valence-corrected chi connectivity index (χ2v) is 9.80. The number of aliphatic carboxylic acids is 1. The third-order valence-electron chi connectivity index (χ3n) is 5.76. The van der Waals surface area contributed by atoms with Gasteiger partial charge in [-0.05, 0) is 101 Å². The molecule has 5 nitrogen and oxygen atoms in total. The molecule has 35 heavy (non-hydrogen) atoms. The largest absolute Gasteiger partial charge is 0.612 e. The molecular weight excluding hydrogens is 456 g/mol. The number of nitriles is 1. The van der Waals surface area contributed by atoms with E-state index in [1.54, 1.807) is 42.8 Å². The number of carboxylic acid groups (broad SMARTS) is 1. The second kappa shape index (κ2) is 10.6. The Bertz CT molecular complexity index is 1450. The molecule has 0 aliphatic carbocycles. The Labute approximate surface area is 207 Å². The van der Waals surface area contributed by atoms with E-state index >= 15 is 0 Å². The highest BCUT2D eigenvalue weighted by molar-refractivity contribution is 7.90. The minimum atomic E-state index is -1.13. The standard InChI is InChI=1S/C29H24N2O3S/c1-19(18-30)13-21-15-24-7-4-12-31-28(24)26(17-21)23-6-3-5-20(14-23)16-27(29(32)33)22-8-10-25(11-9-22)35(2)34/h3-12,14-17,19H,13H2,1-2H3,(H,32,33)/b27-16+. The van der Waals surface area contributed by atoms with Crippen LogP contribution >= 0.6 is 0 Å². The van der Waals surface area contributed by atoms with Crippen LogP contribution in [0.15, 0.2) is 83.9 Å². The van der Waals surface area contributed by atoms with Crippen LogP contribution < -0.4 is 0 Å². The van der Waals surface area contributed by atoms with E-state index in [0.29, 0.717) is 16.9 Å². The van der Waals surface area contributed by atoms with E-state index < -0.39 is 17.1 Å². The third kappa shape index (κ3) is 5.60. The molecule has 0 saturated heterocycles. The van der Waals surface area contributed by atoms with Crippen LogP contribution in [0.3, 0.4) is 0 Å². The molecule has 0 amide bonds. The first-order valence-corrected chi connectivity index (χ1v) is 12.7. The molecule has 0 spiro atoms. The fraction of sp³-hybridized carbons (Fsp3) is 0.138. The van der Waals surface area contributed by atoms with Crippen molar-refractivity contribution in [1.82, 2.24) is 4.98 Å². The zero-order valence-corrected chi connectivity index (χ0v) is 20.3. The molecule has 1 aromatic heterocycles. The summed E-state index contributed by atoms with van der Waals surface area (Å²) < 4.78 is 11.7. The van der Waals surface area contributed by atoms with E-state index in [0.717, 1.165) is 33.2 Å². The lowest BCUT2D eigenvalue weighted by Gasteiger charge is -2.12. The summed E-state index contributed by atoms with van der Waals surface area (Å²) in [5.41, 5.74) is 5.18. The number of fused-ring (bicyclic) bond motifs is 1. The SMILES string of the molecule is CC(C#N)Cc1cc(-c2cccc(/C=C(/C(=O)O)c3ccc([S+](C)[O-])cc3)c2)c2ncccc2c1. The minimum absolute atomic E-state index is 0.110. The Morgan fingerprint density at radius 1 is 1.14 bits per heavy atom. The fourth-order valence-corrected chi connectivity index (χ4v) is 4.57. The van der Waals surface area contributed by atoms with Gasteiger partial charge in [0.05, 0.1) is 17.2 Å². The Kier molecular flexibility index (Phi) is 7.31. The van der Waals surface area contributed by atoms with Crippen molar-refractivity contribution in [2.24, 2.45) is 5.92 Å². The van der Waals surface area contributed by atoms with Gasteiger partial charge in [0.15, 0.2) is 4.90 Å². The maximum Gasteiger partial charge on any atom is 0.336 e. The van der Waals surface area contributed by atoms with Gasteiger partial charge in [0.25, 0.3) is 0 Å². The number of aromatic nitrogens is 1. The van der Waals surface area contributed by atoms with Gasteiger partial charge in [0.1, 0.15) is 6.26 Å². The lowest BCUT2D eigenvalue weighted by atomic mass is 9.93. The first-order valence-electron chi connectivity index (χ1n) is 11.1. The topological polar surface area (TPSA) is 97.0 Å². The molecule has 2 unspecified atom stereocenters. The van der Waals surface area contributed by atoms with Gasteiger partial charge in [-0.2, -0.15) is 5.26 Å². The van der Waals surface area contributed by atoms with E-state index in [2.05, 4.69) is 23.2 Å². The van der Waals surface area contributed by atoms with Crippen LogP contribution in [0.4, 0.5) is 0 Å². The summed E-state index contributed by atoms with van der Waals surface area (Å²) in [5, 5.41) is 20.1. The summed E-state index contributed by atoms with van der Waals surface area (Å²) in [5.74, 6) is -1.15. The van der Waals surface area contributed by atoms with Gasteiger partial charge in [0.2, 0.25) is 0 Å². The molecule has 2 atom stereocenters. The van der Waals surface area contributed by atoms with Crippen molar-refractivity contribution in [1.29, 1.82) is 5.26 Å². The zero-order chi connectivity index (χ0) is 24.9. The number of hydrogen-bond donors (Lipinski definition) is 1. The number of carboxylic acids is 1. The summed E-state index contributed by atoms with van der Waals surface area (Å²) in [4.78, 5) is 17.3. The van der Waals surface area contributed by atoms with Gasteiger partial charge in [-0.3, -0.25) is 4.98 Å². The summed E-state index contributed by atoms with van der Waals surface area (Å²) in [6.45, 7) is 1.90. The highest BCUT2D eigenvalue weighted by Gasteiger charge is 2.14. The van der Waals surface area contributed by atoms with E-state index in [1.807, 2.05) is 43.3 Å². The molecule has 4 aromatic rings. The lowest BCUT2D eigenvalue weighted by Crippen LogP contribution is -2.01. The van der Waals surface area contributed by atoms with Gasteiger partial charge in [-0.1, -0.05) is 24.3 Å². The number of pyridine rings is 1. The van der Waals surface area contributed by atoms with Crippen molar-refractivity contribution in [2.45, 2.75) is 18.2 Å². The minimum Gasteiger partial charge on any atom is -0.612 e. The molecule has 1 N–H and O–H groups in total. The quantitative estimate of drug-likeness (QED) is 0.200.